The third kappa shape index (κ3) is 3.78. The molecule has 0 radical (unpaired) electrons. The van der Waals surface area contributed by atoms with Gasteiger partial charge in [-0.15, -0.1) is 0 Å². The lowest BCUT2D eigenvalue weighted by Gasteiger charge is -2.11. The Morgan fingerprint density at radius 3 is 1.86 bits per heavy atom. The molecule has 4 heteroatoms. The SMILES string of the molecule is c1ccc(-c2cccc3c2oc2c(-c4cccc(-c5cccc(-n6c7ccccc7c7ccccc76)c5)c4)ncnc23)cc1. The number of fused-ring (bicyclic) bond motifs is 6. The van der Waals surface area contributed by atoms with Gasteiger partial charge in [-0.25, -0.2) is 9.97 Å². The van der Waals surface area contributed by atoms with Gasteiger partial charge in [0.25, 0.3) is 0 Å². The van der Waals surface area contributed by atoms with Crippen LogP contribution in [0.1, 0.15) is 0 Å². The predicted molar refractivity (Wildman–Crippen MR) is 180 cm³/mol. The van der Waals surface area contributed by atoms with Crippen molar-refractivity contribution in [2.24, 2.45) is 0 Å². The first-order valence-electron chi connectivity index (χ1n) is 14.7. The lowest BCUT2D eigenvalue weighted by molar-refractivity contribution is 0.668. The highest BCUT2D eigenvalue weighted by molar-refractivity contribution is 6.11. The molecular weight excluding hydrogens is 538 g/mol. The van der Waals surface area contributed by atoms with E-state index in [0.29, 0.717) is 5.58 Å². The Morgan fingerprint density at radius 2 is 1.07 bits per heavy atom. The van der Waals surface area contributed by atoms with Gasteiger partial charge in [0.1, 0.15) is 23.1 Å². The smallest absolute Gasteiger partial charge is 0.180 e. The highest BCUT2D eigenvalue weighted by Crippen LogP contribution is 2.39. The van der Waals surface area contributed by atoms with E-state index < -0.39 is 0 Å². The van der Waals surface area contributed by atoms with E-state index in [1.54, 1.807) is 6.33 Å². The first-order valence-corrected chi connectivity index (χ1v) is 14.7. The molecule has 0 atom stereocenters. The molecule has 3 heterocycles. The number of aromatic nitrogens is 3. The molecule has 0 spiro atoms. The molecule has 0 amide bonds. The number of benzene rings is 6. The number of furan rings is 1. The molecule has 0 aliphatic heterocycles. The fourth-order valence-electron chi connectivity index (χ4n) is 6.52. The number of hydrogen-bond acceptors (Lipinski definition) is 3. The molecule has 44 heavy (non-hydrogen) atoms. The van der Waals surface area contributed by atoms with Crippen molar-refractivity contribution in [3.8, 4) is 39.2 Å². The second-order valence-corrected chi connectivity index (χ2v) is 11.1. The van der Waals surface area contributed by atoms with Gasteiger partial charge in [0.2, 0.25) is 0 Å². The summed E-state index contributed by atoms with van der Waals surface area (Å²) in [6.45, 7) is 0. The predicted octanol–water partition coefficient (Wildman–Crippen LogP) is 10.5. The zero-order valence-electron chi connectivity index (χ0n) is 23.7. The summed E-state index contributed by atoms with van der Waals surface area (Å²) in [6.07, 6.45) is 1.64. The Bertz CT molecular complexity index is 2450. The standard InChI is InChI=1S/C40H25N3O/c1-2-11-26(12-3-1)31-19-10-20-34-38-40(44-39(31)34)37(41-25-42-38)29-15-8-13-27(23-29)28-14-9-16-30(24-28)43-35-21-6-4-17-32(35)33-18-5-7-22-36(33)43/h1-25H. The minimum atomic E-state index is 0.696. The van der Waals surface area contributed by atoms with Gasteiger partial charge in [0.05, 0.1) is 11.0 Å². The van der Waals surface area contributed by atoms with Gasteiger partial charge in [-0.1, -0.05) is 109 Å². The quantitative estimate of drug-likeness (QED) is 0.214. The van der Waals surface area contributed by atoms with Gasteiger partial charge >= 0.3 is 0 Å². The Balaban J connectivity index is 1.18. The van der Waals surface area contributed by atoms with Crippen molar-refractivity contribution >= 4 is 43.9 Å². The summed E-state index contributed by atoms with van der Waals surface area (Å²) in [6, 6.07) is 51.0. The Hall–Kier alpha value is -6.00. The molecule has 9 rings (SSSR count). The van der Waals surface area contributed by atoms with Crippen LogP contribution in [0.25, 0.3) is 83.1 Å². The van der Waals surface area contributed by atoms with Crippen molar-refractivity contribution in [2.75, 3.05) is 0 Å². The average Bonchev–Trinajstić information content (AvgIpc) is 3.65. The maximum absolute atomic E-state index is 6.59. The van der Waals surface area contributed by atoms with Crippen LogP contribution in [-0.4, -0.2) is 14.5 Å². The first kappa shape index (κ1) is 24.6. The number of hydrogen-bond donors (Lipinski definition) is 0. The lowest BCUT2D eigenvalue weighted by Crippen LogP contribution is -1.94. The maximum atomic E-state index is 6.59. The van der Waals surface area contributed by atoms with Crippen LogP contribution in [0.15, 0.2) is 156 Å². The molecule has 6 aromatic carbocycles. The second kappa shape index (κ2) is 9.79. The van der Waals surface area contributed by atoms with E-state index in [1.165, 1.54) is 21.8 Å². The zero-order chi connectivity index (χ0) is 29.0. The Morgan fingerprint density at radius 1 is 0.455 bits per heavy atom. The average molecular weight is 564 g/mol. The van der Waals surface area contributed by atoms with E-state index in [0.717, 1.165) is 55.7 Å². The van der Waals surface area contributed by atoms with Crippen LogP contribution in [0.5, 0.6) is 0 Å². The third-order valence-corrected chi connectivity index (χ3v) is 8.52. The van der Waals surface area contributed by atoms with Crippen molar-refractivity contribution in [1.29, 1.82) is 0 Å². The van der Waals surface area contributed by atoms with Crippen LogP contribution in [0, 0.1) is 0 Å². The molecule has 0 aliphatic carbocycles. The third-order valence-electron chi connectivity index (χ3n) is 8.52. The van der Waals surface area contributed by atoms with E-state index in [-0.39, 0.29) is 0 Å². The molecule has 0 aliphatic rings. The van der Waals surface area contributed by atoms with E-state index in [4.69, 9.17) is 9.40 Å². The summed E-state index contributed by atoms with van der Waals surface area (Å²) < 4.78 is 8.94. The van der Waals surface area contributed by atoms with Crippen molar-refractivity contribution in [3.05, 3.63) is 152 Å². The Labute approximate surface area is 253 Å². The fraction of sp³-hybridized carbons (Fsp3) is 0. The summed E-state index contributed by atoms with van der Waals surface area (Å²) in [5, 5.41) is 3.49. The number of nitrogens with zero attached hydrogens (tertiary/aromatic N) is 3. The number of rotatable bonds is 4. The van der Waals surface area contributed by atoms with Crippen molar-refractivity contribution in [2.45, 2.75) is 0 Å². The van der Waals surface area contributed by atoms with Crippen LogP contribution < -0.4 is 0 Å². The van der Waals surface area contributed by atoms with Gasteiger partial charge in [-0.3, -0.25) is 0 Å². The van der Waals surface area contributed by atoms with Gasteiger partial charge in [0, 0.05) is 33.0 Å². The molecular formula is C40H25N3O. The van der Waals surface area contributed by atoms with E-state index >= 15 is 0 Å². The number of para-hydroxylation sites is 3. The minimum Gasteiger partial charge on any atom is -0.451 e. The minimum absolute atomic E-state index is 0.696. The van der Waals surface area contributed by atoms with Crippen LogP contribution in [-0.2, 0) is 0 Å². The second-order valence-electron chi connectivity index (χ2n) is 11.1. The van der Waals surface area contributed by atoms with Gasteiger partial charge in [-0.05, 0) is 53.1 Å². The molecule has 0 bridgehead atoms. The molecule has 206 valence electrons. The van der Waals surface area contributed by atoms with Gasteiger partial charge in [-0.2, -0.15) is 0 Å². The van der Waals surface area contributed by atoms with Gasteiger partial charge in [0.15, 0.2) is 5.58 Å². The van der Waals surface area contributed by atoms with Crippen LogP contribution in [0.4, 0.5) is 0 Å². The van der Waals surface area contributed by atoms with Crippen molar-refractivity contribution < 1.29 is 4.42 Å². The van der Waals surface area contributed by atoms with Crippen LogP contribution in [0.3, 0.4) is 0 Å². The summed E-state index contributed by atoms with van der Waals surface area (Å²) in [4.78, 5) is 9.38. The Kier molecular flexibility index (Phi) is 5.47. The zero-order valence-corrected chi connectivity index (χ0v) is 23.7. The maximum Gasteiger partial charge on any atom is 0.180 e. The van der Waals surface area contributed by atoms with E-state index in [9.17, 15) is 0 Å². The monoisotopic (exact) mass is 563 g/mol. The summed E-state index contributed by atoms with van der Waals surface area (Å²) in [5.41, 5.74) is 12.0. The molecule has 0 unspecified atom stereocenters. The largest absolute Gasteiger partial charge is 0.451 e. The van der Waals surface area contributed by atoms with Crippen LogP contribution in [0.2, 0.25) is 0 Å². The summed E-state index contributed by atoms with van der Waals surface area (Å²) in [7, 11) is 0. The van der Waals surface area contributed by atoms with E-state index in [2.05, 4.69) is 137 Å². The summed E-state index contributed by atoms with van der Waals surface area (Å²) in [5.74, 6) is 0. The highest BCUT2D eigenvalue weighted by atomic mass is 16.3. The highest BCUT2D eigenvalue weighted by Gasteiger charge is 2.18. The normalized spacial score (nSPS) is 11.6. The first-order chi connectivity index (χ1) is 21.8. The van der Waals surface area contributed by atoms with Crippen LogP contribution >= 0.6 is 0 Å². The molecule has 0 fully saturated rings. The molecule has 0 N–H and O–H groups in total. The van der Waals surface area contributed by atoms with Crippen molar-refractivity contribution in [3.63, 3.8) is 0 Å². The van der Waals surface area contributed by atoms with Gasteiger partial charge < -0.3 is 8.98 Å². The topological polar surface area (TPSA) is 43.9 Å². The molecule has 3 aromatic heterocycles. The van der Waals surface area contributed by atoms with E-state index in [1.807, 2.05) is 18.2 Å². The molecule has 0 saturated carbocycles. The summed E-state index contributed by atoms with van der Waals surface area (Å²) >= 11 is 0. The fourth-order valence-corrected chi connectivity index (χ4v) is 6.52. The lowest BCUT2D eigenvalue weighted by atomic mass is 10.0. The van der Waals surface area contributed by atoms with Crippen molar-refractivity contribution in [1.82, 2.24) is 14.5 Å². The molecule has 0 saturated heterocycles. The molecule has 9 aromatic rings. The molecule has 4 nitrogen and oxygen atoms in total.